The van der Waals surface area contributed by atoms with E-state index in [1.807, 2.05) is 0 Å². The van der Waals surface area contributed by atoms with Crippen molar-refractivity contribution in [1.82, 2.24) is 5.32 Å². The maximum Gasteiger partial charge on any atom is 0.0269 e. The number of allylic oxidation sites excluding steroid dienone is 4. The molecule has 0 radical (unpaired) electrons. The van der Waals surface area contributed by atoms with E-state index in [4.69, 9.17) is 0 Å². The molecule has 0 amide bonds. The summed E-state index contributed by atoms with van der Waals surface area (Å²) in [6, 6.07) is 0. The fourth-order valence-electron chi connectivity index (χ4n) is 4.90. The van der Waals surface area contributed by atoms with Crippen molar-refractivity contribution in [3.8, 4) is 11.8 Å². The number of hydrogen-bond acceptors (Lipinski definition) is 1. The van der Waals surface area contributed by atoms with Gasteiger partial charge in [-0.2, -0.15) is 0 Å². The Labute approximate surface area is 228 Å². The molecule has 1 atom stereocenters. The maximum atomic E-state index is 3.37. The molecule has 0 fully saturated rings. The minimum atomic E-state index is 0.924. The molecule has 1 unspecified atom stereocenters. The molecule has 0 aromatic rings. The van der Waals surface area contributed by atoms with Crippen LogP contribution >= 0.6 is 0 Å². The van der Waals surface area contributed by atoms with Crippen molar-refractivity contribution in [3.05, 3.63) is 24.3 Å². The summed E-state index contributed by atoms with van der Waals surface area (Å²) in [5.41, 5.74) is 0. The van der Waals surface area contributed by atoms with Crippen LogP contribution in [-0.4, -0.2) is 13.6 Å². The van der Waals surface area contributed by atoms with Crippen LogP contribution in [0, 0.1) is 17.8 Å². The fraction of sp³-hybridized carbons (Fsp3) is 0.829. The van der Waals surface area contributed by atoms with Crippen molar-refractivity contribution < 1.29 is 0 Å². The molecule has 0 aromatic heterocycles. The summed E-state index contributed by atoms with van der Waals surface area (Å²) in [6.45, 7) is 5.75. The van der Waals surface area contributed by atoms with E-state index in [1.54, 1.807) is 0 Å². The van der Waals surface area contributed by atoms with Crippen LogP contribution < -0.4 is 5.32 Å². The van der Waals surface area contributed by atoms with Gasteiger partial charge < -0.3 is 5.32 Å². The average Bonchev–Trinajstić information content (AvgIpc) is 2.89. The van der Waals surface area contributed by atoms with Gasteiger partial charge in [-0.3, -0.25) is 0 Å². The Morgan fingerprint density at radius 3 is 1.67 bits per heavy atom. The summed E-state index contributed by atoms with van der Waals surface area (Å²) in [7, 11) is 2.10. The standard InChI is InChI=1S/C35H65N/c1-4-6-8-10-12-14-15-16-17-18-19-20-21-22-23-24-26-28-30-32-35(33-34-36-3)31-29-27-25-13-11-9-7-5-2/h12,14,20-21,35-36H,4-11,13,15-16,19,22-34H2,1-3H3/b14-12-,21-20+. The minimum absolute atomic E-state index is 0.924. The highest BCUT2D eigenvalue weighted by Gasteiger charge is 2.08. The van der Waals surface area contributed by atoms with Crippen LogP contribution in [0.25, 0.3) is 0 Å². The highest BCUT2D eigenvalue weighted by molar-refractivity contribution is 5.05. The van der Waals surface area contributed by atoms with Crippen LogP contribution in [0.3, 0.4) is 0 Å². The van der Waals surface area contributed by atoms with Crippen LogP contribution in [0.15, 0.2) is 24.3 Å². The summed E-state index contributed by atoms with van der Waals surface area (Å²) < 4.78 is 0. The Bertz CT molecular complexity index is 520. The lowest BCUT2D eigenvalue weighted by Gasteiger charge is -2.16. The third kappa shape index (κ3) is 29.2. The molecule has 0 rings (SSSR count). The van der Waals surface area contributed by atoms with Crippen molar-refractivity contribution in [2.45, 2.75) is 168 Å². The molecule has 0 aromatic carbocycles. The zero-order chi connectivity index (χ0) is 26.2. The van der Waals surface area contributed by atoms with Gasteiger partial charge in [0.15, 0.2) is 0 Å². The van der Waals surface area contributed by atoms with Gasteiger partial charge in [-0.1, -0.05) is 147 Å². The lowest BCUT2D eigenvalue weighted by atomic mass is 9.91. The van der Waals surface area contributed by atoms with E-state index in [-0.39, 0.29) is 0 Å². The molecule has 0 aliphatic carbocycles. The Balaban J connectivity index is 3.60. The molecule has 0 spiro atoms. The first-order valence-electron chi connectivity index (χ1n) is 16.2. The molecule has 210 valence electrons. The van der Waals surface area contributed by atoms with Crippen molar-refractivity contribution in [3.63, 3.8) is 0 Å². The third-order valence-electron chi connectivity index (χ3n) is 7.34. The van der Waals surface area contributed by atoms with Crippen LogP contribution in [0.5, 0.6) is 0 Å². The Morgan fingerprint density at radius 1 is 0.528 bits per heavy atom. The van der Waals surface area contributed by atoms with Crippen molar-refractivity contribution in [2.24, 2.45) is 5.92 Å². The minimum Gasteiger partial charge on any atom is -0.320 e. The van der Waals surface area contributed by atoms with Crippen molar-refractivity contribution >= 4 is 0 Å². The van der Waals surface area contributed by atoms with E-state index in [9.17, 15) is 0 Å². The van der Waals surface area contributed by atoms with E-state index in [0.717, 1.165) is 25.2 Å². The first-order chi connectivity index (χ1) is 17.8. The molecular formula is C35H65N. The highest BCUT2D eigenvalue weighted by Crippen LogP contribution is 2.22. The lowest BCUT2D eigenvalue weighted by Crippen LogP contribution is -2.13. The second kappa shape index (κ2) is 32.0. The molecule has 1 heteroatoms. The summed E-state index contributed by atoms with van der Waals surface area (Å²) in [5, 5.41) is 3.37. The highest BCUT2D eigenvalue weighted by atomic mass is 14.8. The molecule has 0 saturated carbocycles. The van der Waals surface area contributed by atoms with Gasteiger partial charge in [0.25, 0.3) is 0 Å². The van der Waals surface area contributed by atoms with E-state index in [1.165, 1.54) is 141 Å². The quantitative estimate of drug-likeness (QED) is 0.0673. The third-order valence-corrected chi connectivity index (χ3v) is 7.34. The summed E-state index contributed by atoms with van der Waals surface area (Å²) >= 11 is 0. The summed E-state index contributed by atoms with van der Waals surface area (Å²) in [6.07, 6.45) is 41.6. The number of nitrogens with one attached hydrogen (secondary N) is 1. The van der Waals surface area contributed by atoms with Crippen LogP contribution in [0.1, 0.15) is 168 Å². The molecular weight excluding hydrogens is 434 g/mol. The Hall–Kier alpha value is -1.00. The molecule has 1 nitrogen and oxygen atoms in total. The van der Waals surface area contributed by atoms with E-state index < -0.39 is 0 Å². The predicted octanol–water partition coefficient (Wildman–Crippen LogP) is 11.3. The molecule has 1 N–H and O–H groups in total. The number of hydrogen-bond donors (Lipinski definition) is 1. The maximum absolute atomic E-state index is 3.37. The van der Waals surface area contributed by atoms with Crippen molar-refractivity contribution in [2.75, 3.05) is 13.6 Å². The monoisotopic (exact) mass is 500 g/mol. The van der Waals surface area contributed by atoms with E-state index in [2.05, 4.69) is 62.4 Å². The van der Waals surface area contributed by atoms with Crippen LogP contribution in [0.4, 0.5) is 0 Å². The molecule has 0 heterocycles. The molecule has 0 saturated heterocycles. The Morgan fingerprint density at radius 2 is 1.03 bits per heavy atom. The molecule has 0 bridgehead atoms. The van der Waals surface area contributed by atoms with Gasteiger partial charge in [0, 0.05) is 12.8 Å². The number of rotatable bonds is 27. The second-order valence-electron chi connectivity index (χ2n) is 10.9. The van der Waals surface area contributed by atoms with Crippen LogP contribution in [0.2, 0.25) is 0 Å². The topological polar surface area (TPSA) is 12.0 Å². The SMILES string of the molecule is CCCCC/C=C\CCC#CC/C=C/CCCCCCCC(CCCCCCCCCC)CCNC. The number of unbranched alkanes of at least 4 members (excludes halogenated alkanes) is 16. The largest absolute Gasteiger partial charge is 0.320 e. The lowest BCUT2D eigenvalue weighted by molar-refractivity contribution is 0.377. The van der Waals surface area contributed by atoms with E-state index in [0.29, 0.717) is 0 Å². The fourth-order valence-corrected chi connectivity index (χ4v) is 4.90. The van der Waals surface area contributed by atoms with Gasteiger partial charge in [-0.15, -0.1) is 5.92 Å². The van der Waals surface area contributed by atoms with Crippen LogP contribution in [-0.2, 0) is 0 Å². The smallest absolute Gasteiger partial charge is 0.0269 e. The first-order valence-corrected chi connectivity index (χ1v) is 16.2. The normalized spacial score (nSPS) is 12.4. The zero-order valence-electron chi connectivity index (χ0n) is 25.1. The van der Waals surface area contributed by atoms with Gasteiger partial charge in [0.05, 0.1) is 0 Å². The van der Waals surface area contributed by atoms with Gasteiger partial charge in [0.1, 0.15) is 0 Å². The van der Waals surface area contributed by atoms with Crippen molar-refractivity contribution in [1.29, 1.82) is 0 Å². The molecule has 36 heavy (non-hydrogen) atoms. The molecule has 0 aliphatic rings. The predicted molar refractivity (Wildman–Crippen MR) is 166 cm³/mol. The van der Waals surface area contributed by atoms with Gasteiger partial charge in [0.2, 0.25) is 0 Å². The second-order valence-corrected chi connectivity index (χ2v) is 10.9. The first kappa shape index (κ1) is 35.0. The molecule has 0 aliphatic heterocycles. The summed E-state index contributed by atoms with van der Waals surface area (Å²) in [5.74, 6) is 7.55. The van der Waals surface area contributed by atoms with E-state index >= 15 is 0 Å². The van der Waals surface area contributed by atoms with Gasteiger partial charge >= 0.3 is 0 Å². The Kier molecular flexibility index (Phi) is 31.1. The van der Waals surface area contributed by atoms with Gasteiger partial charge in [-0.05, 0) is 58.0 Å². The zero-order valence-corrected chi connectivity index (χ0v) is 25.1. The average molecular weight is 500 g/mol. The summed E-state index contributed by atoms with van der Waals surface area (Å²) in [4.78, 5) is 0. The van der Waals surface area contributed by atoms with Gasteiger partial charge in [-0.25, -0.2) is 0 Å².